The molecule has 1 unspecified atom stereocenters. The first-order valence-electron chi connectivity index (χ1n) is 6.03. The smallest absolute Gasteiger partial charge is 0.389 e. The standard InChI is InChI=1S/C13H17F4NO/c1-3-6-18(8-13(15,16)17)12-5-4-10(9(2)19)7-11(12)14/h4-5,7,9,19H,3,6,8H2,1-2H3. The summed E-state index contributed by atoms with van der Waals surface area (Å²) in [5.74, 6) is -0.754. The van der Waals surface area contributed by atoms with E-state index in [1.165, 1.54) is 19.1 Å². The molecule has 0 fully saturated rings. The molecule has 0 bridgehead atoms. The summed E-state index contributed by atoms with van der Waals surface area (Å²) >= 11 is 0. The van der Waals surface area contributed by atoms with Gasteiger partial charge in [0.2, 0.25) is 0 Å². The molecule has 19 heavy (non-hydrogen) atoms. The van der Waals surface area contributed by atoms with E-state index in [1.807, 2.05) is 0 Å². The Morgan fingerprint density at radius 2 is 1.95 bits per heavy atom. The third-order valence-corrected chi connectivity index (χ3v) is 2.66. The fraction of sp³-hybridized carbons (Fsp3) is 0.538. The number of hydrogen-bond donors (Lipinski definition) is 1. The van der Waals surface area contributed by atoms with Gasteiger partial charge in [0.1, 0.15) is 12.4 Å². The summed E-state index contributed by atoms with van der Waals surface area (Å²) in [7, 11) is 0. The molecule has 1 aromatic carbocycles. The number of anilines is 1. The van der Waals surface area contributed by atoms with E-state index in [4.69, 9.17) is 0 Å². The molecule has 1 aromatic rings. The zero-order valence-electron chi connectivity index (χ0n) is 10.8. The van der Waals surface area contributed by atoms with Gasteiger partial charge in [-0.15, -0.1) is 0 Å². The Labute approximate surface area is 109 Å². The van der Waals surface area contributed by atoms with Crippen LogP contribution in [0.15, 0.2) is 18.2 Å². The Balaban J connectivity index is 3.02. The monoisotopic (exact) mass is 279 g/mol. The van der Waals surface area contributed by atoms with Gasteiger partial charge in [-0.05, 0) is 31.0 Å². The molecule has 0 aliphatic heterocycles. The Kier molecular flexibility index (Phi) is 5.17. The van der Waals surface area contributed by atoms with Gasteiger partial charge >= 0.3 is 6.18 Å². The van der Waals surface area contributed by atoms with Crippen LogP contribution >= 0.6 is 0 Å². The van der Waals surface area contributed by atoms with E-state index in [0.717, 1.165) is 11.0 Å². The number of rotatable bonds is 5. The summed E-state index contributed by atoms with van der Waals surface area (Å²) in [5.41, 5.74) is 0.244. The quantitative estimate of drug-likeness (QED) is 0.831. The highest BCUT2D eigenvalue weighted by atomic mass is 19.4. The van der Waals surface area contributed by atoms with Crippen LogP contribution in [-0.2, 0) is 0 Å². The van der Waals surface area contributed by atoms with Gasteiger partial charge in [-0.1, -0.05) is 13.0 Å². The zero-order valence-corrected chi connectivity index (χ0v) is 10.8. The van der Waals surface area contributed by atoms with Gasteiger partial charge in [-0.25, -0.2) is 4.39 Å². The fourth-order valence-corrected chi connectivity index (χ4v) is 1.81. The lowest BCUT2D eigenvalue weighted by atomic mass is 10.1. The lowest BCUT2D eigenvalue weighted by Crippen LogP contribution is -2.35. The van der Waals surface area contributed by atoms with E-state index >= 15 is 0 Å². The summed E-state index contributed by atoms with van der Waals surface area (Å²) in [6.45, 7) is 2.12. The second-order valence-corrected chi connectivity index (χ2v) is 4.42. The SMILES string of the molecule is CCCN(CC(F)(F)F)c1ccc(C(C)O)cc1F. The average molecular weight is 279 g/mol. The maximum Gasteiger partial charge on any atom is 0.405 e. The van der Waals surface area contributed by atoms with Crippen molar-refractivity contribution in [3.8, 4) is 0 Å². The topological polar surface area (TPSA) is 23.5 Å². The predicted octanol–water partition coefficient (Wildman–Crippen LogP) is 3.66. The number of alkyl halides is 3. The minimum atomic E-state index is -4.38. The van der Waals surface area contributed by atoms with Gasteiger partial charge in [0.15, 0.2) is 0 Å². The maximum atomic E-state index is 13.8. The van der Waals surface area contributed by atoms with Crippen LogP contribution in [0.5, 0.6) is 0 Å². The van der Waals surface area contributed by atoms with Crippen molar-refractivity contribution in [3.05, 3.63) is 29.6 Å². The maximum absolute atomic E-state index is 13.8. The predicted molar refractivity (Wildman–Crippen MR) is 65.6 cm³/mol. The number of nitrogens with zero attached hydrogens (tertiary/aromatic N) is 1. The highest BCUT2D eigenvalue weighted by Crippen LogP contribution is 2.27. The number of hydrogen-bond acceptors (Lipinski definition) is 2. The van der Waals surface area contributed by atoms with Crippen LogP contribution in [0.1, 0.15) is 31.9 Å². The van der Waals surface area contributed by atoms with E-state index < -0.39 is 24.6 Å². The molecule has 1 N–H and O–H groups in total. The van der Waals surface area contributed by atoms with Crippen LogP contribution in [0.2, 0.25) is 0 Å². The molecule has 0 aliphatic carbocycles. The van der Waals surface area contributed by atoms with Crippen molar-refractivity contribution >= 4 is 5.69 Å². The molecule has 0 aliphatic rings. The molecule has 0 amide bonds. The van der Waals surface area contributed by atoms with E-state index in [2.05, 4.69) is 0 Å². The highest BCUT2D eigenvalue weighted by Gasteiger charge is 2.31. The second-order valence-electron chi connectivity index (χ2n) is 4.42. The summed E-state index contributed by atoms with van der Waals surface area (Å²) < 4.78 is 51.2. The lowest BCUT2D eigenvalue weighted by molar-refractivity contribution is -0.119. The Hall–Kier alpha value is -1.30. The lowest BCUT2D eigenvalue weighted by Gasteiger charge is -2.26. The van der Waals surface area contributed by atoms with Crippen LogP contribution in [0, 0.1) is 5.82 Å². The van der Waals surface area contributed by atoms with E-state index in [-0.39, 0.29) is 12.2 Å². The van der Waals surface area contributed by atoms with Crippen molar-refractivity contribution in [1.29, 1.82) is 0 Å². The molecule has 108 valence electrons. The molecule has 6 heteroatoms. The molecular weight excluding hydrogens is 262 g/mol. The van der Waals surface area contributed by atoms with Gasteiger partial charge in [0.25, 0.3) is 0 Å². The zero-order chi connectivity index (χ0) is 14.6. The Morgan fingerprint density at radius 1 is 1.32 bits per heavy atom. The Morgan fingerprint density at radius 3 is 2.37 bits per heavy atom. The molecule has 1 rings (SSSR count). The van der Waals surface area contributed by atoms with Gasteiger partial charge in [0.05, 0.1) is 11.8 Å². The van der Waals surface area contributed by atoms with E-state index in [0.29, 0.717) is 12.0 Å². The van der Waals surface area contributed by atoms with E-state index in [9.17, 15) is 22.7 Å². The third-order valence-electron chi connectivity index (χ3n) is 2.66. The van der Waals surface area contributed by atoms with Crippen LogP contribution in [0.3, 0.4) is 0 Å². The first kappa shape index (κ1) is 15.8. The van der Waals surface area contributed by atoms with Crippen LogP contribution < -0.4 is 4.90 Å². The van der Waals surface area contributed by atoms with Gasteiger partial charge in [-0.2, -0.15) is 13.2 Å². The van der Waals surface area contributed by atoms with Crippen molar-refractivity contribution in [2.24, 2.45) is 0 Å². The molecule has 0 saturated heterocycles. The van der Waals surface area contributed by atoms with Crippen molar-refractivity contribution in [3.63, 3.8) is 0 Å². The summed E-state index contributed by atoms with van der Waals surface area (Å²) in [6.07, 6.45) is -4.76. The summed E-state index contributed by atoms with van der Waals surface area (Å²) in [5, 5.41) is 9.31. The average Bonchev–Trinajstić information content (AvgIpc) is 2.26. The minimum absolute atomic E-state index is 0.0939. The number of benzene rings is 1. The number of aliphatic hydroxyl groups excluding tert-OH is 1. The van der Waals surface area contributed by atoms with Gasteiger partial charge < -0.3 is 10.0 Å². The molecular formula is C13H17F4NO. The number of halogens is 4. The largest absolute Gasteiger partial charge is 0.405 e. The fourth-order valence-electron chi connectivity index (χ4n) is 1.81. The van der Waals surface area contributed by atoms with Gasteiger partial charge in [0, 0.05) is 6.54 Å². The molecule has 2 nitrogen and oxygen atoms in total. The third kappa shape index (κ3) is 4.70. The molecule has 0 spiro atoms. The van der Waals surface area contributed by atoms with Gasteiger partial charge in [-0.3, -0.25) is 0 Å². The Bertz CT molecular complexity index is 418. The summed E-state index contributed by atoms with van der Waals surface area (Å²) in [4.78, 5) is 0.959. The molecule has 0 radical (unpaired) electrons. The normalized spacial score (nSPS) is 13.4. The first-order valence-corrected chi connectivity index (χ1v) is 6.03. The molecule has 0 saturated carbocycles. The molecule has 0 heterocycles. The highest BCUT2D eigenvalue weighted by molar-refractivity contribution is 5.49. The molecule has 1 atom stereocenters. The van der Waals surface area contributed by atoms with Crippen molar-refractivity contribution in [2.75, 3.05) is 18.0 Å². The van der Waals surface area contributed by atoms with Crippen LogP contribution in [0.4, 0.5) is 23.2 Å². The van der Waals surface area contributed by atoms with Crippen LogP contribution in [0.25, 0.3) is 0 Å². The minimum Gasteiger partial charge on any atom is -0.389 e. The van der Waals surface area contributed by atoms with Crippen LogP contribution in [-0.4, -0.2) is 24.4 Å². The second kappa shape index (κ2) is 6.23. The number of aliphatic hydroxyl groups is 1. The summed E-state index contributed by atoms with van der Waals surface area (Å²) in [6, 6.07) is 3.78. The van der Waals surface area contributed by atoms with Crippen molar-refractivity contribution < 1.29 is 22.7 Å². The molecule has 0 aromatic heterocycles. The van der Waals surface area contributed by atoms with Crippen molar-refractivity contribution in [2.45, 2.75) is 32.5 Å². The van der Waals surface area contributed by atoms with E-state index in [1.54, 1.807) is 6.92 Å². The first-order chi connectivity index (χ1) is 8.74. The van der Waals surface area contributed by atoms with Crippen molar-refractivity contribution in [1.82, 2.24) is 0 Å².